The van der Waals surface area contributed by atoms with Gasteiger partial charge in [-0.2, -0.15) is 18.4 Å². The molecule has 0 amide bonds. The van der Waals surface area contributed by atoms with Crippen molar-refractivity contribution in [3.63, 3.8) is 0 Å². The first-order chi connectivity index (χ1) is 11.0. The Labute approximate surface area is 129 Å². The number of nitriles is 1. The number of alkyl halides is 3. The van der Waals surface area contributed by atoms with Gasteiger partial charge in [0, 0.05) is 11.6 Å². The minimum absolute atomic E-state index is 0.152. The normalized spacial score (nSPS) is 11.2. The lowest BCUT2D eigenvalue weighted by Gasteiger charge is -2.13. The van der Waals surface area contributed by atoms with E-state index in [1.54, 1.807) is 30.5 Å². The Morgan fingerprint density at radius 1 is 0.957 bits per heavy atom. The number of benzene rings is 2. The topological polar surface area (TPSA) is 45.9 Å². The molecule has 0 aliphatic heterocycles. The molecule has 0 saturated carbocycles. The van der Waals surface area contributed by atoms with Crippen molar-refractivity contribution in [2.45, 2.75) is 6.18 Å². The Kier molecular flexibility index (Phi) is 3.62. The van der Waals surface area contributed by atoms with Crippen LogP contribution in [0.25, 0.3) is 10.9 Å². The van der Waals surface area contributed by atoms with Crippen LogP contribution in [0.15, 0.2) is 54.7 Å². The first-order valence-electron chi connectivity index (χ1n) is 6.62. The van der Waals surface area contributed by atoms with Gasteiger partial charge in [0.2, 0.25) is 0 Å². The molecule has 23 heavy (non-hydrogen) atoms. The number of rotatable bonds is 2. The largest absolute Gasteiger partial charge is 0.454 e. The van der Waals surface area contributed by atoms with Crippen LogP contribution in [-0.2, 0) is 6.18 Å². The van der Waals surface area contributed by atoms with Crippen molar-refractivity contribution in [1.29, 1.82) is 5.26 Å². The summed E-state index contributed by atoms with van der Waals surface area (Å²) in [6.45, 7) is 0. The quantitative estimate of drug-likeness (QED) is 0.674. The van der Waals surface area contributed by atoms with Crippen LogP contribution < -0.4 is 4.74 Å². The second kappa shape index (κ2) is 5.61. The molecule has 1 heterocycles. The molecule has 0 radical (unpaired) electrons. The first kappa shape index (κ1) is 14.9. The monoisotopic (exact) mass is 314 g/mol. The summed E-state index contributed by atoms with van der Waals surface area (Å²) in [5, 5.41) is 9.90. The van der Waals surface area contributed by atoms with E-state index >= 15 is 0 Å². The maximum atomic E-state index is 13.0. The Hall–Kier alpha value is -3.07. The Balaban J connectivity index is 2.12. The van der Waals surface area contributed by atoms with Crippen LogP contribution in [0.2, 0.25) is 0 Å². The summed E-state index contributed by atoms with van der Waals surface area (Å²) < 4.78 is 44.5. The molecule has 3 aromatic rings. The Bertz CT molecular complexity index is 908. The van der Waals surface area contributed by atoms with Crippen LogP contribution in [0.3, 0.4) is 0 Å². The van der Waals surface area contributed by atoms with Crippen LogP contribution in [0, 0.1) is 11.3 Å². The highest BCUT2D eigenvalue weighted by Crippen LogP contribution is 2.37. The second-order valence-electron chi connectivity index (χ2n) is 4.72. The number of aromatic nitrogens is 1. The number of fused-ring (bicyclic) bond motifs is 1. The van der Waals surface area contributed by atoms with Crippen molar-refractivity contribution >= 4 is 10.9 Å². The molecule has 2 aromatic carbocycles. The molecule has 0 aliphatic carbocycles. The van der Waals surface area contributed by atoms with Gasteiger partial charge in [-0.05, 0) is 24.3 Å². The standard InChI is InChI=1S/C17H9F3N2O/c18-17(19,20)13-6-2-7-14(12(13)10-21)23-15-8-1-4-11-5-3-9-22-16(11)15/h1-9H. The molecule has 0 atom stereocenters. The number of nitrogens with zero attached hydrogens (tertiary/aromatic N) is 2. The van der Waals surface area contributed by atoms with E-state index in [0.29, 0.717) is 11.3 Å². The summed E-state index contributed by atoms with van der Waals surface area (Å²) in [4.78, 5) is 4.17. The average molecular weight is 314 g/mol. The van der Waals surface area contributed by atoms with E-state index in [-0.39, 0.29) is 5.75 Å². The summed E-state index contributed by atoms with van der Waals surface area (Å²) in [5.41, 5.74) is -1.06. The summed E-state index contributed by atoms with van der Waals surface area (Å²) in [7, 11) is 0. The maximum absolute atomic E-state index is 13.0. The predicted molar refractivity (Wildman–Crippen MR) is 78.0 cm³/mol. The number of hydrogen-bond donors (Lipinski definition) is 0. The van der Waals surface area contributed by atoms with Crippen LogP contribution in [0.4, 0.5) is 13.2 Å². The molecule has 0 fully saturated rings. The molecule has 3 nitrogen and oxygen atoms in total. The van der Waals surface area contributed by atoms with Crippen LogP contribution in [0.1, 0.15) is 11.1 Å². The SMILES string of the molecule is N#Cc1c(Oc2cccc3cccnc23)cccc1C(F)(F)F. The van der Waals surface area contributed by atoms with Gasteiger partial charge in [-0.15, -0.1) is 0 Å². The fraction of sp³-hybridized carbons (Fsp3) is 0.0588. The van der Waals surface area contributed by atoms with E-state index in [1.165, 1.54) is 12.1 Å². The van der Waals surface area contributed by atoms with E-state index < -0.39 is 17.3 Å². The minimum atomic E-state index is -4.62. The van der Waals surface area contributed by atoms with Crippen molar-refractivity contribution in [3.05, 3.63) is 65.9 Å². The third-order valence-electron chi connectivity index (χ3n) is 3.26. The first-order valence-corrected chi connectivity index (χ1v) is 6.62. The van der Waals surface area contributed by atoms with Crippen LogP contribution in [0.5, 0.6) is 11.5 Å². The molecule has 3 rings (SSSR count). The van der Waals surface area contributed by atoms with Crippen LogP contribution >= 0.6 is 0 Å². The second-order valence-corrected chi connectivity index (χ2v) is 4.72. The van der Waals surface area contributed by atoms with Crippen molar-refractivity contribution in [2.24, 2.45) is 0 Å². The highest BCUT2D eigenvalue weighted by Gasteiger charge is 2.35. The lowest BCUT2D eigenvalue weighted by atomic mass is 10.1. The van der Waals surface area contributed by atoms with Gasteiger partial charge >= 0.3 is 6.18 Å². The molecule has 1 aromatic heterocycles. The number of ether oxygens (including phenoxy) is 1. The lowest BCUT2D eigenvalue weighted by molar-refractivity contribution is -0.137. The van der Waals surface area contributed by atoms with Gasteiger partial charge in [0.05, 0.1) is 5.56 Å². The molecule has 0 spiro atoms. The highest BCUT2D eigenvalue weighted by molar-refractivity contribution is 5.84. The van der Waals surface area contributed by atoms with Gasteiger partial charge in [0.15, 0.2) is 5.75 Å². The van der Waals surface area contributed by atoms with Gasteiger partial charge in [0.1, 0.15) is 22.9 Å². The lowest BCUT2D eigenvalue weighted by Crippen LogP contribution is -2.08. The molecular formula is C17H9F3N2O. The van der Waals surface area contributed by atoms with E-state index in [2.05, 4.69) is 4.98 Å². The maximum Gasteiger partial charge on any atom is 0.417 e. The van der Waals surface area contributed by atoms with E-state index in [4.69, 9.17) is 10.00 Å². The number of halogens is 3. The van der Waals surface area contributed by atoms with Crippen molar-refractivity contribution in [1.82, 2.24) is 4.98 Å². The summed E-state index contributed by atoms with van der Waals surface area (Å²) in [5.74, 6) is 0.138. The number of para-hydroxylation sites is 1. The smallest absolute Gasteiger partial charge is 0.417 e. The fourth-order valence-corrected chi connectivity index (χ4v) is 2.24. The van der Waals surface area contributed by atoms with Crippen molar-refractivity contribution in [2.75, 3.05) is 0 Å². The van der Waals surface area contributed by atoms with Gasteiger partial charge in [-0.3, -0.25) is 4.98 Å². The van der Waals surface area contributed by atoms with Crippen LogP contribution in [-0.4, -0.2) is 4.98 Å². The van der Waals surface area contributed by atoms with Crippen molar-refractivity contribution in [3.8, 4) is 17.6 Å². The molecule has 0 N–H and O–H groups in total. The third-order valence-corrected chi connectivity index (χ3v) is 3.26. The molecular weight excluding hydrogens is 305 g/mol. The molecule has 0 saturated heterocycles. The Morgan fingerprint density at radius 3 is 2.39 bits per heavy atom. The zero-order valence-electron chi connectivity index (χ0n) is 11.6. The molecule has 0 aliphatic rings. The molecule has 0 bridgehead atoms. The number of pyridine rings is 1. The molecule has 6 heteroatoms. The van der Waals surface area contributed by atoms with Gasteiger partial charge in [-0.25, -0.2) is 0 Å². The van der Waals surface area contributed by atoms with Gasteiger partial charge in [0.25, 0.3) is 0 Å². The Morgan fingerprint density at radius 2 is 1.65 bits per heavy atom. The zero-order chi connectivity index (χ0) is 16.4. The summed E-state index contributed by atoms with van der Waals surface area (Å²) in [6, 6.07) is 13.6. The fourth-order valence-electron chi connectivity index (χ4n) is 2.24. The van der Waals surface area contributed by atoms with Crippen molar-refractivity contribution < 1.29 is 17.9 Å². The molecule has 0 unspecified atom stereocenters. The third kappa shape index (κ3) is 2.81. The number of hydrogen-bond acceptors (Lipinski definition) is 3. The summed E-state index contributed by atoms with van der Waals surface area (Å²) in [6.07, 6.45) is -3.06. The zero-order valence-corrected chi connectivity index (χ0v) is 11.6. The molecule has 114 valence electrons. The predicted octanol–water partition coefficient (Wildman–Crippen LogP) is 4.92. The average Bonchev–Trinajstić information content (AvgIpc) is 2.54. The van der Waals surface area contributed by atoms with E-state index in [1.807, 2.05) is 12.1 Å². The minimum Gasteiger partial charge on any atom is -0.454 e. The highest BCUT2D eigenvalue weighted by atomic mass is 19.4. The van der Waals surface area contributed by atoms with E-state index in [9.17, 15) is 13.2 Å². The van der Waals surface area contributed by atoms with Gasteiger partial charge < -0.3 is 4.74 Å². The van der Waals surface area contributed by atoms with E-state index in [0.717, 1.165) is 11.5 Å². The van der Waals surface area contributed by atoms with Gasteiger partial charge in [-0.1, -0.05) is 24.3 Å². The summed E-state index contributed by atoms with van der Waals surface area (Å²) >= 11 is 0.